The second-order valence-corrected chi connectivity index (χ2v) is 7.09. The zero-order chi connectivity index (χ0) is 18.1. The van der Waals surface area contributed by atoms with Gasteiger partial charge in [-0.05, 0) is 73.2 Å². The topological polar surface area (TPSA) is 66.4 Å². The summed E-state index contributed by atoms with van der Waals surface area (Å²) in [7, 11) is 0. The molecular formula is C20H18BrNO3. The molecule has 0 bridgehead atoms. The van der Waals surface area contributed by atoms with Crippen molar-refractivity contribution in [3.05, 3.63) is 68.7 Å². The van der Waals surface area contributed by atoms with Crippen molar-refractivity contribution < 1.29 is 14.7 Å². The highest BCUT2D eigenvalue weighted by Gasteiger charge is 2.30. The van der Waals surface area contributed by atoms with Crippen LogP contribution < -0.4 is 5.32 Å². The number of fused-ring (bicyclic) bond motifs is 1. The monoisotopic (exact) mass is 399 g/mol. The quantitative estimate of drug-likeness (QED) is 0.798. The van der Waals surface area contributed by atoms with E-state index in [2.05, 4.69) is 21.2 Å². The molecule has 2 aromatic carbocycles. The van der Waals surface area contributed by atoms with Crippen LogP contribution in [0.3, 0.4) is 0 Å². The fraction of sp³-hybridized carbons (Fsp3) is 0.200. The average molecular weight is 400 g/mol. The third-order valence-corrected chi connectivity index (χ3v) is 5.05. The Morgan fingerprint density at radius 3 is 2.28 bits per heavy atom. The van der Waals surface area contributed by atoms with Crippen LogP contribution in [0.15, 0.2) is 46.4 Å². The van der Waals surface area contributed by atoms with Gasteiger partial charge in [-0.2, -0.15) is 0 Å². The Hall–Kier alpha value is -2.40. The minimum atomic E-state index is -1.06. The first-order valence-corrected chi connectivity index (χ1v) is 8.80. The summed E-state index contributed by atoms with van der Waals surface area (Å²) in [5.74, 6) is -1.41. The normalized spacial score (nSPS) is 13.4. The van der Waals surface area contributed by atoms with Gasteiger partial charge in [0.2, 0.25) is 0 Å². The Kier molecular flexibility index (Phi) is 4.77. The van der Waals surface area contributed by atoms with E-state index in [1.165, 1.54) is 0 Å². The van der Waals surface area contributed by atoms with E-state index >= 15 is 0 Å². The SMILES string of the molecule is Cc1ccc(C)c2c1CCC(C(=O)Nc1ccc(Br)cc1)=C2C(=O)O. The van der Waals surface area contributed by atoms with Crippen molar-refractivity contribution in [3.63, 3.8) is 0 Å². The number of carbonyl (C=O) groups excluding carboxylic acids is 1. The van der Waals surface area contributed by atoms with Gasteiger partial charge >= 0.3 is 5.97 Å². The molecule has 0 spiro atoms. The number of amides is 1. The Morgan fingerprint density at radius 1 is 1.00 bits per heavy atom. The summed E-state index contributed by atoms with van der Waals surface area (Å²) >= 11 is 3.35. The molecule has 0 atom stereocenters. The van der Waals surface area contributed by atoms with Crippen molar-refractivity contribution >= 4 is 39.1 Å². The Labute approximate surface area is 154 Å². The number of hydrogen-bond donors (Lipinski definition) is 2. The van der Waals surface area contributed by atoms with E-state index in [1.54, 1.807) is 12.1 Å². The summed E-state index contributed by atoms with van der Waals surface area (Å²) in [6, 6.07) is 11.1. The molecule has 5 heteroatoms. The summed E-state index contributed by atoms with van der Waals surface area (Å²) in [5, 5.41) is 12.6. The molecule has 1 aliphatic carbocycles. The number of halogens is 1. The number of nitrogens with one attached hydrogen (secondary N) is 1. The minimum absolute atomic E-state index is 0.122. The highest BCUT2D eigenvalue weighted by Crippen LogP contribution is 2.36. The number of hydrogen-bond acceptors (Lipinski definition) is 2. The molecule has 1 amide bonds. The molecule has 4 nitrogen and oxygen atoms in total. The summed E-state index contributed by atoms with van der Waals surface area (Å²) in [4.78, 5) is 24.7. The molecule has 0 saturated carbocycles. The van der Waals surface area contributed by atoms with Crippen LogP contribution >= 0.6 is 15.9 Å². The van der Waals surface area contributed by atoms with Gasteiger partial charge in [-0.25, -0.2) is 4.79 Å². The number of rotatable bonds is 3. The number of carboxylic acid groups (broad SMARTS) is 1. The molecule has 25 heavy (non-hydrogen) atoms. The lowest BCUT2D eigenvalue weighted by molar-refractivity contribution is -0.130. The maximum Gasteiger partial charge on any atom is 0.336 e. The van der Waals surface area contributed by atoms with Gasteiger partial charge in [0.1, 0.15) is 0 Å². The number of anilines is 1. The fourth-order valence-corrected chi connectivity index (χ4v) is 3.53. The van der Waals surface area contributed by atoms with Gasteiger partial charge in [-0.15, -0.1) is 0 Å². The molecule has 3 rings (SSSR count). The largest absolute Gasteiger partial charge is 0.478 e. The van der Waals surface area contributed by atoms with Gasteiger partial charge in [-0.3, -0.25) is 4.79 Å². The van der Waals surface area contributed by atoms with Gasteiger partial charge in [0, 0.05) is 15.7 Å². The van der Waals surface area contributed by atoms with Crippen LogP contribution in [-0.4, -0.2) is 17.0 Å². The van der Waals surface area contributed by atoms with Crippen molar-refractivity contribution in [1.29, 1.82) is 0 Å². The molecule has 128 valence electrons. The van der Waals surface area contributed by atoms with E-state index in [9.17, 15) is 14.7 Å². The zero-order valence-electron chi connectivity index (χ0n) is 14.0. The molecule has 0 aliphatic heterocycles. The minimum Gasteiger partial charge on any atom is -0.478 e. The van der Waals surface area contributed by atoms with Crippen molar-refractivity contribution in [2.24, 2.45) is 0 Å². The summed E-state index contributed by atoms with van der Waals surface area (Å²) in [5.41, 5.74) is 4.75. The first-order chi connectivity index (χ1) is 11.9. The molecule has 0 fully saturated rings. The second-order valence-electron chi connectivity index (χ2n) is 6.17. The van der Waals surface area contributed by atoms with Crippen molar-refractivity contribution in [1.82, 2.24) is 0 Å². The average Bonchev–Trinajstić information content (AvgIpc) is 2.59. The molecule has 0 saturated heterocycles. The van der Waals surface area contributed by atoms with Crippen LogP contribution in [0.1, 0.15) is 28.7 Å². The third kappa shape index (κ3) is 3.37. The second kappa shape index (κ2) is 6.84. The lowest BCUT2D eigenvalue weighted by atomic mass is 9.81. The van der Waals surface area contributed by atoms with Crippen molar-refractivity contribution in [2.75, 3.05) is 5.32 Å². The van der Waals surface area contributed by atoms with E-state index in [-0.39, 0.29) is 11.5 Å². The van der Waals surface area contributed by atoms with Crippen LogP contribution in [0, 0.1) is 13.8 Å². The molecule has 0 heterocycles. The highest BCUT2D eigenvalue weighted by atomic mass is 79.9. The van der Waals surface area contributed by atoms with E-state index in [4.69, 9.17) is 0 Å². The predicted octanol–water partition coefficient (Wildman–Crippen LogP) is 4.49. The number of benzene rings is 2. The predicted molar refractivity (Wildman–Crippen MR) is 102 cm³/mol. The smallest absolute Gasteiger partial charge is 0.336 e. The first kappa shape index (κ1) is 17.4. The van der Waals surface area contributed by atoms with E-state index < -0.39 is 5.97 Å². The lowest BCUT2D eigenvalue weighted by Crippen LogP contribution is -2.23. The van der Waals surface area contributed by atoms with Crippen molar-refractivity contribution in [3.8, 4) is 0 Å². The number of aliphatic carboxylic acids is 1. The van der Waals surface area contributed by atoms with Crippen LogP contribution in [0.4, 0.5) is 5.69 Å². The van der Waals surface area contributed by atoms with E-state index in [0.717, 1.165) is 21.2 Å². The van der Waals surface area contributed by atoms with Crippen molar-refractivity contribution in [2.45, 2.75) is 26.7 Å². The lowest BCUT2D eigenvalue weighted by Gasteiger charge is -2.24. The molecule has 2 N–H and O–H groups in total. The molecule has 0 radical (unpaired) electrons. The van der Waals surface area contributed by atoms with Gasteiger partial charge in [0.05, 0.1) is 5.57 Å². The van der Waals surface area contributed by atoms with Gasteiger partial charge in [-0.1, -0.05) is 28.1 Å². The standard InChI is InChI=1S/C20H18BrNO3/c1-11-3-4-12(2)17-15(11)9-10-16(18(17)20(24)25)19(23)22-14-7-5-13(21)6-8-14/h3-8H,9-10H2,1-2H3,(H,22,23)(H,24,25). The number of aryl methyl sites for hydroxylation is 2. The van der Waals surface area contributed by atoms with E-state index in [1.807, 2.05) is 38.1 Å². The maximum absolute atomic E-state index is 12.7. The molecule has 0 unspecified atom stereocenters. The van der Waals surface area contributed by atoms with Crippen LogP contribution in [0.25, 0.3) is 5.57 Å². The Balaban J connectivity index is 2.06. The first-order valence-electron chi connectivity index (χ1n) is 8.01. The molecule has 1 aliphatic rings. The number of carbonyl (C=O) groups is 2. The number of carboxylic acids is 1. The summed E-state index contributed by atoms with van der Waals surface area (Å²) in [6.07, 6.45) is 1.09. The molecule has 2 aromatic rings. The zero-order valence-corrected chi connectivity index (χ0v) is 15.6. The summed E-state index contributed by atoms with van der Waals surface area (Å²) < 4.78 is 0.911. The Bertz CT molecular complexity index is 898. The van der Waals surface area contributed by atoms with Crippen LogP contribution in [-0.2, 0) is 16.0 Å². The van der Waals surface area contributed by atoms with Gasteiger partial charge in [0.15, 0.2) is 0 Å². The van der Waals surface area contributed by atoms with Gasteiger partial charge < -0.3 is 10.4 Å². The van der Waals surface area contributed by atoms with Crippen LogP contribution in [0.2, 0.25) is 0 Å². The maximum atomic E-state index is 12.7. The third-order valence-electron chi connectivity index (χ3n) is 4.52. The molecular weight excluding hydrogens is 382 g/mol. The fourth-order valence-electron chi connectivity index (χ4n) is 3.27. The highest BCUT2D eigenvalue weighted by molar-refractivity contribution is 9.10. The van der Waals surface area contributed by atoms with E-state index in [0.29, 0.717) is 29.7 Å². The van der Waals surface area contributed by atoms with Gasteiger partial charge in [0.25, 0.3) is 5.91 Å². The summed E-state index contributed by atoms with van der Waals surface area (Å²) in [6.45, 7) is 3.86. The Morgan fingerprint density at radius 2 is 1.64 bits per heavy atom. The molecule has 0 aromatic heterocycles. The van der Waals surface area contributed by atoms with Crippen LogP contribution in [0.5, 0.6) is 0 Å².